The maximum absolute atomic E-state index is 13.1. The van der Waals surface area contributed by atoms with Crippen LogP contribution in [-0.4, -0.2) is 52.7 Å². The third kappa shape index (κ3) is 4.61. The molecule has 1 amide bonds. The summed E-state index contributed by atoms with van der Waals surface area (Å²) in [5.41, 5.74) is 3.45. The molecular weight excluding hydrogens is 426 g/mol. The first kappa shape index (κ1) is 21.9. The molecule has 0 aliphatic heterocycles. The summed E-state index contributed by atoms with van der Waals surface area (Å²) in [6.45, 7) is 0.670. The van der Waals surface area contributed by atoms with Crippen molar-refractivity contribution in [1.82, 2.24) is 14.3 Å². The van der Waals surface area contributed by atoms with Crippen molar-refractivity contribution in [2.45, 2.75) is 13.0 Å². The second-order valence-electron chi connectivity index (χ2n) is 7.27. The molecule has 0 fully saturated rings. The van der Waals surface area contributed by atoms with Gasteiger partial charge in [-0.05, 0) is 23.8 Å². The van der Waals surface area contributed by atoms with Gasteiger partial charge in [0.1, 0.15) is 11.5 Å². The van der Waals surface area contributed by atoms with Crippen LogP contribution in [0.3, 0.4) is 0 Å². The lowest BCUT2D eigenvalue weighted by molar-refractivity contribution is -0.131. The number of aliphatic hydroxyl groups excluding tert-OH is 1. The Hall–Kier alpha value is -3.36. The number of hydrogen-bond acceptors (Lipinski definition) is 6. The number of carbonyl (C=O) groups excluding carboxylic acids is 1. The summed E-state index contributed by atoms with van der Waals surface area (Å²) in [7, 11) is 3.24. The van der Waals surface area contributed by atoms with E-state index in [-0.39, 0.29) is 25.5 Å². The molecule has 0 saturated heterocycles. The number of benzene rings is 2. The van der Waals surface area contributed by atoms with Gasteiger partial charge in [-0.25, -0.2) is 4.98 Å². The summed E-state index contributed by atoms with van der Waals surface area (Å²) in [4.78, 5) is 20.3. The molecule has 166 valence electrons. The van der Waals surface area contributed by atoms with E-state index in [0.717, 1.165) is 27.5 Å². The normalized spacial score (nSPS) is 11.0. The minimum Gasteiger partial charge on any atom is -0.497 e. The lowest BCUT2D eigenvalue weighted by atomic mass is 10.1. The van der Waals surface area contributed by atoms with E-state index >= 15 is 0 Å². The Kier molecular flexibility index (Phi) is 6.72. The van der Waals surface area contributed by atoms with Crippen molar-refractivity contribution in [2.75, 3.05) is 27.4 Å². The van der Waals surface area contributed by atoms with E-state index in [0.29, 0.717) is 18.0 Å². The zero-order chi connectivity index (χ0) is 22.5. The van der Waals surface area contributed by atoms with Crippen LogP contribution in [0, 0.1) is 0 Å². The molecule has 7 nitrogen and oxygen atoms in total. The number of methoxy groups -OCH3 is 2. The van der Waals surface area contributed by atoms with E-state index in [1.807, 2.05) is 64.5 Å². The van der Waals surface area contributed by atoms with Gasteiger partial charge in [0.2, 0.25) is 5.91 Å². The predicted octanol–water partition coefficient (Wildman–Crippen LogP) is 3.64. The van der Waals surface area contributed by atoms with Crippen LogP contribution in [0.5, 0.6) is 11.5 Å². The highest BCUT2D eigenvalue weighted by Gasteiger charge is 2.19. The minimum atomic E-state index is -0.0809. The van der Waals surface area contributed by atoms with Crippen LogP contribution < -0.4 is 9.47 Å². The van der Waals surface area contributed by atoms with E-state index < -0.39 is 0 Å². The number of fused-ring (bicyclic) bond motifs is 1. The molecule has 0 atom stereocenters. The molecule has 8 heteroatoms. The van der Waals surface area contributed by atoms with Gasteiger partial charge in [0.15, 0.2) is 4.96 Å². The number of amides is 1. The Morgan fingerprint density at radius 1 is 1.16 bits per heavy atom. The monoisotopic (exact) mass is 451 g/mol. The number of aromatic nitrogens is 2. The van der Waals surface area contributed by atoms with Crippen LogP contribution in [0.2, 0.25) is 0 Å². The number of aliphatic hydroxyl groups is 1. The van der Waals surface area contributed by atoms with Gasteiger partial charge in [-0.2, -0.15) is 0 Å². The lowest BCUT2D eigenvalue weighted by Gasteiger charge is -2.21. The zero-order valence-electron chi connectivity index (χ0n) is 18.0. The molecule has 0 bridgehead atoms. The summed E-state index contributed by atoms with van der Waals surface area (Å²) >= 11 is 1.48. The first-order valence-electron chi connectivity index (χ1n) is 10.2. The molecule has 2 aromatic carbocycles. The Bertz CT molecular complexity index is 1200. The summed E-state index contributed by atoms with van der Waals surface area (Å²) < 4.78 is 12.8. The highest BCUT2D eigenvalue weighted by Crippen LogP contribution is 2.34. The van der Waals surface area contributed by atoms with Crippen molar-refractivity contribution in [3.05, 3.63) is 71.4 Å². The molecule has 4 rings (SSSR count). The van der Waals surface area contributed by atoms with E-state index in [1.165, 1.54) is 11.3 Å². The summed E-state index contributed by atoms with van der Waals surface area (Å²) in [6, 6.07) is 15.4. The van der Waals surface area contributed by atoms with Gasteiger partial charge in [0.25, 0.3) is 0 Å². The molecule has 0 radical (unpaired) electrons. The second-order valence-corrected chi connectivity index (χ2v) is 8.11. The van der Waals surface area contributed by atoms with Crippen LogP contribution in [0.15, 0.2) is 60.1 Å². The molecule has 0 saturated carbocycles. The third-order valence-corrected chi connectivity index (χ3v) is 6.13. The van der Waals surface area contributed by atoms with E-state index in [9.17, 15) is 9.90 Å². The topological polar surface area (TPSA) is 76.3 Å². The lowest BCUT2D eigenvalue weighted by Crippen LogP contribution is -2.34. The number of hydrogen-bond donors (Lipinski definition) is 1. The summed E-state index contributed by atoms with van der Waals surface area (Å²) in [5, 5.41) is 11.4. The van der Waals surface area contributed by atoms with Crippen molar-refractivity contribution in [3.63, 3.8) is 0 Å². The predicted molar refractivity (Wildman–Crippen MR) is 124 cm³/mol. The number of thiazole rings is 1. The van der Waals surface area contributed by atoms with Gasteiger partial charge < -0.3 is 19.5 Å². The molecule has 0 aliphatic carbocycles. The smallest absolute Gasteiger partial charge is 0.228 e. The van der Waals surface area contributed by atoms with Crippen LogP contribution in [-0.2, 0) is 17.8 Å². The summed E-state index contributed by atoms with van der Waals surface area (Å²) in [6.07, 6.45) is 2.14. The summed E-state index contributed by atoms with van der Waals surface area (Å²) in [5.74, 6) is 1.37. The van der Waals surface area contributed by atoms with Crippen molar-refractivity contribution < 1.29 is 19.4 Å². The van der Waals surface area contributed by atoms with E-state index in [1.54, 1.807) is 19.1 Å². The average Bonchev–Trinajstić information content (AvgIpc) is 3.41. The van der Waals surface area contributed by atoms with Crippen LogP contribution in [0.4, 0.5) is 0 Å². The third-order valence-electron chi connectivity index (χ3n) is 5.24. The molecule has 0 spiro atoms. The number of imidazole rings is 1. The van der Waals surface area contributed by atoms with Gasteiger partial charge in [-0.1, -0.05) is 30.3 Å². The fraction of sp³-hybridized carbons (Fsp3) is 0.250. The van der Waals surface area contributed by atoms with Gasteiger partial charge in [-0.15, -0.1) is 11.3 Å². The van der Waals surface area contributed by atoms with E-state index in [2.05, 4.69) is 0 Å². The average molecular weight is 452 g/mol. The van der Waals surface area contributed by atoms with Crippen LogP contribution in [0.1, 0.15) is 11.3 Å². The maximum atomic E-state index is 13.1. The quantitative estimate of drug-likeness (QED) is 0.420. The molecule has 0 aliphatic rings. The van der Waals surface area contributed by atoms with Gasteiger partial charge in [-0.3, -0.25) is 9.20 Å². The molecule has 4 aromatic rings. The number of rotatable bonds is 9. The molecule has 1 N–H and O–H groups in total. The molecule has 2 aromatic heterocycles. The Labute approximate surface area is 190 Å². The van der Waals surface area contributed by atoms with Crippen LogP contribution in [0.25, 0.3) is 16.2 Å². The number of carbonyl (C=O) groups is 1. The van der Waals surface area contributed by atoms with Crippen molar-refractivity contribution in [3.8, 4) is 22.8 Å². The second kappa shape index (κ2) is 9.84. The Morgan fingerprint density at radius 2 is 1.97 bits per heavy atom. The number of ether oxygens (including phenoxy) is 2. The van der Waals surface area contributed by atoms with Gasteiger partial charge in [0, 0.05) is 35.9 Å². The first-order valence-corrected chi connectivity index (χ1v) is 11.1. The first-order chi connectivity index (χ1) is 15.6. The van der Waals surface area contributed by atoms with Crippen molar-refractivity contribution >= 4 is 22.2 Å². The molecule has 32 heavy (non-hydrogen) atoms. The minimum absolute atomic E-state index is 0.0446. The van der Waals surface area contributed by atoms with Crippen LogP contribution >= 0.6 is 11.3 Å². The standard InChI is InChI=1S/C24H25N3O4S/c1-30-19-8-9-22(31-2)20(13-19)21-15-27-18(16-32-24(27)25-21)12-23(29)26(10-11-28)14-17-6-4-3-5-7-17/h3-9,13,15-16,28H,10-12,14H2,1-2H3. The van der Waals surface area contributed by atoms with Crippen molar-refractivity contribution in [2.24, 2.45) is 0 Å². The SMILES string of the molecule is COc1ccc(OC)c(-c2cn3c(CC(=O)N(CCO)Cc4ccccc4)csc3n2)c1. The zero-order valence-corrected chi connectivity index (χ0v) is 18.8. The Morgan fingerprint density at radius 3 is 2.69 bits per heavy atom. The molecule has 2 heterocycles. The maximum Gasteiger partial charge on any atom is 0.228 e. The molecule has 0 unspecified atom stereocenters. The number of nitrogens with zero attached hydrogens (tertiary/aromatic N) is 3. The highest BCUT2D eigenvalue weighted by molar-refractivity contribution is 7.15. The molecular formula is C24H25N3O4S. The van der Waals surface area contributed by atoms with E-state index in [4.69, 9.17) is 14.5 Å². The fourth-order valence-electron chi connectivity index (χ4n) is 3.58. The largest absolute Gasteiger partial charge is 0.497 e. The Balaban J connectivity index is 1.59. The van der Waals surface area contributed by atoms with Gasteiger partial charge >= 0.3 is 0 Å². The highest BCUT2D eigenvalue weighted by atomic mass is 32.1. The fourth-order valence-corrected chi connectivity index (χ4v) is 4.46. The van der Waals surface area contributed by atoms with Gasteiger partial charge in [0.05, 0.1) is 32.9 Å². The van der Waals surface area contributed by atoms with Crippen molar-refractivity contribution in [1.29, 1.82) is 0 Å².